The molecule has 29 heavy (non-hydrogen) atoms. The summed E-state index contributed by atoms with van der Waals surface area (Å²) in [5, 5.41) is 0.733. The molecule has 6 nitrogen and oxygen atoms in total. The van der Waals surface area contributed by atoms with Crippen LogP contribution in [0.3, 0.4) is 0 Å². The summed E-state index contributed by atoms with van der Waals surface area (Å²) < 4.78 is 15.9. The minimum Gasteiger partial charge on any atom is -0.496 e. The number of carbonyl (C=O) groups excluding carboxylic acids is 2. The Balaban J connectivity index is 1.81. The molecule has 0 bridgehead atoms. The van der Waals surface area contributed by atoms with E-state index in [0.29, 0.717) is 28.0 Å². The second-order valence-corrected chi connectivity index (χ2v) is 6.94. The summed E-state index contributed by atoms with van der Waals surface area (Å²) in [4.78, 5) is 35.9. The fourth-order valence-corrected chi connectivity index (χ4v) is 3.10. The van der Waals surface area contributed by atoms with Gasteiger partial charge in [0.2, 0.25) is 0 Å². The third-order valence-corrected chi connectivity index (χ3v) is 4.85. The Kier molecular flexibility index (Phi) is 5.82. The second-order valence-electron chi connectivity index (χ2n) is 6.94. The van der Waals surface area contributed by atoms with E-state index in [1.165, 1.54) is 20.1 Å². The minimum absolute atomic E-state index is 0.0538. The number of aryl methyl sites for hydroxylation is 2. The predicted molar refractivity (Wildman–Crippen MR) is 108 cm³/mol. The molecular formula is C23H22O6. The van der Waals surface area contributed by atoms with Crippen molar-refractivity contribution in [1.29, 1.82) is 0 Å². The molecule has 0 fully saturated rings. The monoisotopic (exact) mass is 394 g/mol. The molecule has 0 saturated heterocycles. The largest absolute Gasteiger partial charge is 0.496 e. The van der Waals surface area contributed by atoms with E-state index in [9.17, 15) is 14.4 Å². The first-order valence-electron chi connectivity index (χ1n) is 9.16. The van der Waals surface area contributed by atoms with Gasteiger partial charge in [0.25, 0.3) is 0 Å². The molecule has 0 saturated carbocycles. The SMILES string of the molecule is COc1ccc(C(C)=O)cc1CC(=O)OCc1cc(=O)oc2cc(C)c(C)cc12. The van der Waals surface area contributed by atoms with Crippen molar-refractivity contribution in [3.05, 3.63) is 74.6 Å². The van der Waals surface area contributed by atoms with Gasteiger partial charge in [0.1, 0.15) is 17.9 Å². The number of esters is 1. The van der Waals surface area contributed by atoms with E-state index in [1.54, 1.807) is 24.3 Å². The normalized spacial score (nSPS) is 10.8. The van der Waals surface area contributed by atoms with Crippen LogP contribution in [0.2, 0.25) is 0 Å². The van der Waals surface area contributed by atoms with Gasteiger partial charge in [-0.05, 0) is 62.2 Å². The smallest absolute Gasteiger partial charge is 0.336 e. The quantitative estimate of drug-likeness (QED) is 0.358. The minimum atomic E-state index is -0.498. The number of hydrogen-bond donors (Lipinski definition) is 0. The number of fused-ring (bicyclic) bond motifs is 1. The van der Waals surface area contributed by atoms with Gasteiger partial charge >= 0.3 is 11.6 Å². The second kappa shape index (κ2) is 8.31. The van der Waals surface area contributed by atoms with Crippen LogP contribution in [0, 0.1) is 13.8 Å². The molecule has 0 aliphatic heterocycles. The van der Waals surface area contributed by atoms with Gasteiger partial charge in [0.15, 0.2) is 5.78 Å². The molecule has 1 aromatic heterocycles. The van der Waals surface area contributed by atoms with Crippen LogP contribution in [-0.4, -0.2) is 18.9 Å². The number of ether oxygens (including phenoxy) is 2. The number of methoxy groups -OCH3 is 1. The molecule has 3 rings (SSSR count). The van der Waals surface area contributed by atoms with Crippen molar-refractivity contribution in [3.63, 3.8) is 0 Å². The Labute approximate surface area is 168 Å². The maximum Gasteiger partial charge on any atom is 0.336 e. The van der Waals surface area contributed by atoms with E-state index in [4.69, 9.17) is 13.9 Å². The Morgan fingerprint density at radius 3 is 2.41 bits per heavy atom. The van der Waals surface area contributed by atoms with E-state index in [0.717, 1.165) is 16.5 Å². The molecular weight excluding hydrogens is 372 g/mol. The first-order valence-corrected chi connectivity index (χ1v) is 9.16. The maximum atomic E-state index is 12.4. The zero-order valence-corrected chi connectivity index (χ0v) is 16.8. The highest BCUT2D eigenvalue weighted by Crippen LogP contribution is 2.24. The molecule has 0 unspecified atom stereocenters. The lowest BCUT2D eigenvalue weighted by Gasteiger charge is -2.11. The number of carbonyl (C=O) groups is 2. The van der Waals surface area contributed by atoms with Crippen molar-refractivity contribution in [2.45, 2.75) is 33.8 Å². The van der Waals surface area contributed by atoms with Crippen LogP contribution >= 0.6 is 0 Å². The van der Waals surface area contributed by atoms with Crippen LogP contribution in [0.25, 0.3) is 11.0 Å². The van der Waals surface area contributed by atoms with Crippen LogP contribution < -0.4 is 10.4 Å². The van der Waals surface area contributed by atoms with Crippen LogP contribution in [0.4, 0.5) is 0 Å². The van der Waals surface area contributed by atoms with Crippen LogP contribution in [0.15, 0.2) is 45.6 Å². The lowest BCUT2D eigenvalue weighted by Crippen LogP contribution is -2.11. The number of benzene rings is 2. The Morgan fingerprint density at radius 1 is 1.00 bits per heavy atom. The van der Waals surface area contributed by atoms with Gasteiger partial charge in [-0.1, -0.05) is 0 Å². The molecule has 0 amide bonds. The van der Waals surface area contributed by atoms with Gasteiger partial charge in [-0.3, -0.25) is 9.59 Å². The van der Waals surface area contributed by atoms with Crippen molar-refractivity contribution in [2.75, 3.05) is 7.11 Å². The van der Waals surface area contributed by atoms with Crippen LogP contribution in [0.5, 0.6) is 5.75 Å². The fourth-order valence-electron chi connectivity index (χ4n) is 3.10. The summed E-state index contributed by atoms with van der Waals surface area (Å²) in [5.74, 6) is -0.0894. The Hall–Kier alpha value is -3.41. The summed E-state index contributed by atoms with van der Waals surface area (Å²) in [6.45, 7) is 5.30. The van der Waals surface area contributed by atoms with Gasteiger partial charge < -0.3 is 13.9 Å². The van der Waals surface area contributed by atoms with E-state index >= 15 is 0 Å². The predicted octanol–water partition coefficient (Wildman–Crippen LogP) is 3.91. The lowest BCUT2D eigenvalue weighted by atomic mass is 10.0. The van der Waals surface area contributed by atoms with Crippen molar-refractivity contribution in [2.24, 2.45) is 0 Å². The number of Topliss-reactive ketones (excluding diaryl/α,β-unsaturated/α-hetero) is 1. The van der Waals surface area contributed by atoms with Crippen molar-refractivity contribution in [1.82, 2.24) is 0 Å². The van der Waals surface area contributed by atoms with E-state index in [1.807, 2.05) is 19.9 Å². The van der Waals surface area contributed by atoms with Crippen LogP contribution in [0.1, 0.15) is 39.5 Å². The molecule has 150 valence electrons. The van der Waals surface area contributed by atoms with Gasteiger partial charge in [-0.15, -0.1) is 0 Å². The van der Waals surface area contributed by atoms with Gasteiger partial charge in [0.05, 0.1) is 13.5 Å². The number of hydrogen-bond acceptors (Lipinski definition) is 6. The van der Waals surface area contributed by atoms with Crippen LogP contribution in [-0.2, 0) is 22.6 Å². The lowest BCUT2D eigenvalue weighted by molar-refractivity contribution is -0.144. The van der Waals surface area contributed by atoms with E-state index in [2.05, 4.69) is 0 Å². The Morgan fingerprint density at radius 2 is 1.72 bits per heavy atom. The maximum absolute atomic E-state index is 12.4. The topological polar surface area (TPSA) is 82.8 Å². The van der Waals surface area contributed by atoms with E-state index in [-0.39, 0.29) is 18.8 Å². The first kappa shape index (κ1) is 20.3. The highest BCUT2D eigenvalue weighted by molar-refractivity contribution is 5.94. The molecule has 0 atom stereocenters. The molecule has 2 aromatic carbocycles. The zero-order chi connectivity index (χ0) is 21.1. The number of rotatable bonds is 6. The summed E-state index contributed by atoms with van der Waals surface area (Å²) in [5.41, 5.74) is 3.65. The molecule has 0 N–H and O–H groups in total. The molecule has 0 radical (unpaired) electrons. The third-order valence-electron chi connectivity index (χ3n) is 4.85. The Bertz CT molecular complexity index is 1160. The first-order chi connectivity index (χ1) is 13.8. The zero-order valence-electron chi connectivity index (χ0n) is 16.8. The molecule has 3 aromatic rings. The molecule has 0 aliphatic rings. The van der Waals surface area contributed by atoms with E-state index < -0.39 is 11.6 Å². The summed E-state index contributed by atoms with van der Waals surface area (Å²) in [6.07, 6.45) is -0.0538. The summed E-state index contributed by atoms with van der Waals surface area (Å²) in [6, 6.07) is 9.98. The average Bonchev–Trinajstić information content (AvgIpc) is 2.67. The average molecular weight is 394 g/mol. The standard InChI is InChI=1S/C23H22O6/c1-13-7-19-18(11-23(26)29-21(19)8-14(13)2)12-28-22(25)10-17-9-16(15(3)24)5-6-20(17)27-4/h5-9,11H,10,12H2,1-4H3. The van der Waals surface area contributed by atoms with Crippen molar-refractivity contribution in [3.8, 4) is 5.75 Å². The molecule has 0 aliphatic carbocycles. The summed E-state index contributed by atoms with van der Waals surface area (Å²) >= 11 is 0. The highest BCUT2D eigenvalue weighted by atomic mass is 16.5. The van der Waals surface area contributed by atoms with Crippen molar-refractivity contribution >= 4 is 22.7 Å². The van der Waals surface area contributed by atoms with Crippen molar-refractivity contribution < 1.29 is 23.5 Å². The van der Waals surface area contributed by atoms with Gasteiger partial charge in [-0.25, -0.2) is 4.79 Å². The highest BCUT2D eigenvalue weighted by Gasteiger charge is 2.14. The summed E-state index contributed by atoms with van der Waals surface area (Å²) in [7, 11) is 1.50. The fraction of sp³-hybridized carbons (Fsp3) is 0.261. The van der Waals surface area contributed by atoms with Gasteiger partial charge in [0, 0.05) is 28.1 Å². The number of ketones is 1. The molecule has 6 heteroatoms. The third kappa shape index (κ3) is 4.54. The molecule has 0 spiro atoms. The molecule has 1 heterocycles. The van der Waals surface area contributed by atoms with Gasteiger partial charge in [-0.2, -0.15) is 0 Å².